The van der Waals surface area contributed by atoms with Crippen LogP contribution in [-0.4, -0.2) is 41.1 Å². The summed E-state index contributed by atoms with van der Waals surface area (Å²) in [5.74, 6) is 0.599. The molecule has 0 bridgehead atoms. The number of hydrogen-bond donors (Lipinski definition) is 2. The van der Waals surface area contributed by atoms with E-state index in [0.717, 1.165) is 25.9 Å². The van der Waals surface area contributed by atoms with Gasteiger partial charge in [0.25, 0.3) is 15.9 Å². The molecule has 1 amide bonds. The number of carbonyl (C=O) groups excluding carboxylic acids is 1. The van der Waals surface area contributed by atoms with E-state index in [4.69, 9.17) is 9.47 Å². The lowest BCUT2D eigenvalue weighted by atomic mass is 10.2. The van der Waals surface area contributed by atoms with Crippen LogP contribution in [0.2, 0.25) is 0 Å². The number of rotatable bonds is 9. The molecule has 1 heterocycles. The molecule has 1 aliphatic rings. The van der Waals surface area contributed by atoms with Crippen LogP contribution < -0.4 is 24.4 Å². The number of amides is 1. The summed E-state index contributed by atoms with van der Waals surface area (Å²) in [7, 11) is -2.50. The van der Waals surface area contributed by atoms with Crippen molar-refractivity contribution in [3.8, 4) is 11.5 Å². The lowest BCUT2D eigenvalue weighted by Crippen LogP contribution is -2.24. The van der Waals surface area contributed by atoms with Gasteiger partial charge in [-0.3, -0.25) is 9.52 Å². The number of anilines is 3. The number of hydrogen-bond acceptors (Lipinski definition) is 6. The summed E-state index contributed by atoms with van der Waals surface area (Å²) >= 11 is 0. The molecule has 1 aliphatic heterocycles. The maximum Gasteiger partial charge on any atom is 0.264 e. The Balaban J connectivity index is 1.58. The van der Waals surface area contributed by atoms with Crippen molar-refractivity contribution in [2.75, 3.05) is 41.7 Å². The summed E-state index contributed by atoms with van der Waals surface area (Å²) in [6.45, 7) is 1.35. The van der Waals surface area contributed by atoms with Crippen molar-refractivity contribution in [3.05, 3.63) is 72.8 Å². The van der Waals surface area contributed by atoms with Crippen LogP contribution in [-0.2, 0) is 14.8 Å². The number of ether oxygens (including phenoxy) is 2. The van der Waals surface area contributed by atoms with Crippen LogP contribution in [0.25, 0.3) is 0 Å². The maximum absolute atomic E-state index is 13.5. The number of methoxy groups -OCH3 is 1. The fourth-order valence-corrected chi connectivity index (χ4v) is 5.14. The zero-order chi connectivity index (χ0) is 24.0. The van der Waals surface area contributed by atoms with Gasteiger partial charge in [0.2, 0.25) is 0 Å². The molecule has 8 nitrogen and oxygen atoms in total. The Morgan fingerprint density at radius 3 is 2.41 bits per heavy atom. The third kappa shape index (κ3) is 5.60. The highest BCUT2D eigenvalue weighted by molar-refractivity contribution is 7.93. The predicted octanol–water partition coefficient (Wildman–Crippen LogP) is 4.11. The normalized spacial score (nSPS) is 13.4. The number of carbonyl (C=O) groups is 1. The number of nitrogens with zero attached hydrogens (tertiary/aromatic N) is 1. The van der Waals surface area contributed by atoms with Gasteiger partial charge in [-0.15, -0.1) is 0 Å². The number of para-hydroxylation sites is 3. The minimum absolute atomic E-state index is 0.0853. The van der Waals surface area contributed by atoms with Crippen LogP contribution in [0.4, 0.5) is 17.1 Å². The molecule has 0 atom stereocenters. The molecule has 4 rings (SSSR count). The monoisotopic (exact) mass is 481 g/mol. The topological polar surface area (TPSA) is 97.0 Å². The molecule has 0 unspecified atom stereocenters. The predicted molar refractivity (Wildman–Crippen MR) is 132 cm³/mol. The summed E-state index contributed by atoms with van der Waals surface area (Å²) in [4.78, 5) is 14.6. The van der Waals surface area contributed by atoms with Gasteiger partial charge in [0, 0.05) is 18.8 Å². The van der Waals surface area contributed by atoms with Crippen molar-refractivity contribution in [3.63, 3.8) is 0 Å². The second-order valence-corrected chi connectivity index (χ2v) is 9.48. The van der Waals surface area contributed by atoms with Gasteiger partial charge < -0.3 is 19.7 Å². The molecular weight excluding hydrogens is 454 g/mol. The lowest BCUT2D eigenvalue weighted by molar-refractivity contribution is -0.118. The van der Waals surface area contributed by atoms with Gasteiger partial charge in [0.15, 0.2) is 6.61 Å². The molecule has 0 saturated carbocycles. The van der Waals surface area contributed by atoms with Gasteiger partial charge in [-0.25, -0.2) is 8.42 Å². The third-order valence-electron chi connectivity index (χ3n) is 5.44. The average Bonchev–Trinajstić information content (AvgIpc) is 3.38. The van der Waals surface area contributed by atoms with Crippen molar-refractivity contribution in [1.82, 2.24) is 0 Å². The van der Waals surface area contributed by atoms with Crippen molar-refractivity contribution < 1.29 is 22.7 Å². The summed E-state index contributed by atoms with van der Waals surface area (Å²) in [6, 6.07) is 20.7. The molecule has 3 aromatic carbocycles. The van der Waals surface area contributed by atoms with Crippen molar-refractivity contribution in [1.29, 1.82) is 0 Å². The quantitative estimate of drug-likeness (QED) is 0.477. The first-order valence-corrected chi connectivity index (χ1v) is 12.5. The zero-order valence-corrected chi connectivity index (χ0v) is 19.7. The minimum atomic E-state index is -3.98. The van der Waals surface area contributed by atoms with Crippen LogP contribution in [0, 0.1) is 0 Å². The zero-order valence-electron chi connectivity index (χ0n) is 18.9. The van der Waals surface area contributed by atoms with Gasteiger partial charge >= 0.3 is 0 Å². The molecular formula is C25H27N3O5S. The van der Waals surface area contributed by atoms with E-state index in [2.05, 4.69) is 10.0 Å². The molecule has 3 aromatic rings. The molecule has 0 aromatic heterocycles. The standard InChI is InChI=1S/C25H27N3O5S/c1-32-23-12-6-5-11-21(23)27-34(30,31)24-17-19(13-14-22(24)28-15-7-8-16-28)26-25(29)18-33-20-9-3-2-4-10-20/h2-6,9-14,17,27H,7-8,15-16,18H2,1H3,(H,26,29). The lowest BCUT2D eigenvalue weighted by Gasteiger charge is -2.23. The van der Waals surface area contributed by atoms with Gasteiger partial charge in [0.1, 0.15) is 16.4 Å². The average molecular weight is 482 g/mol. The van der Waals surface area contributed by atoms with E-state index in [1.165, 1.54) is 13.2 Å². The summed E-state index contributed by atoms with van der Waals surface area (Å²) < 4.78 is 40.3. The third-order valence-corrected chi connectivity index (χ3v) is 6.84. The summed E-state index contributed by atoms with van der Waals surface area (Å²) in [5, 5.41) is 2.73. The SMILES string of the molecule is COc1ccccc1NS(=O)(=O)c1cc(NC(=O)COc2ccccc2)ccc1N1CCCC1. The number of benzene rings is 3. The summed E-state index contributed by atoms with van der Waals surface area (Å²) in [6.07, 6.45) is 1.99. The Morgan fingerprint density at radius 1 is 0.971 bits per heavy atom. The highest BCUT2D eigenvalue weighted by Crippen LogP contribution is 2.34. The van der Waals surface area contributed by atoms with Crippen LogP contribution in [0.3, 0.4) is 0 Å². The van der Waals surface area contributed by atoms with Crippen LogP contribution in [0.5, 0.6) is 11.5 Å². The Hall–Kier alpha value is -3.72. The second kappa shape index (κ2) is 10.5. The molecule has 9 heteroatoms. The van der Waals surface area contributed by atoms with Crippen molar-refractivity contribution in [2.24, 2.45) is 0 Å². The first-order valence-electron chi connectivity index (χ1n) is 11.0. The Bertz CT molecular complexity index is 1240. The highest BCUT2D eigenvalue weighted by atomic mass is 32.2. The van der Waals surface area contributed by atoms with E-state index < -0.39 is 10.0 Å². The molecule has 34 heavy (non-hydrogen) atoms. The Labute approximate surface area is 199 Å². The fraction of sp³-hybridized carbons (Fsp3) is 0.240. The molecule has 1 fully saturated rings. The van der Waals surface area contributed by atoms with E-state index >= 15 is 0 Å². The van der Waals surface area contributed by atoms with E-state index in [1.807, 2.05) is 23.1 Å². The van der Waals surface area contributed by atoms with Gasteiger partial charge in [-0.05, 0) is 55.3 Å². The van der Waals surface area contributed by atoms with E-state index in [0.29, 0.717) is 28.6 Å². The largest absolute Gasteiger partial charge is 0.495 e. The van der Waals surface area contributed by atoms with Gasteiger partial charge in [-0.2, -0.15) is 0 Å². The highest BCUT2D eigenvalue weighted by Gasteiger charge is 2.25. The summed E-state index contributed by atoms with van der Waals surface area (Å²) in [5.41, 5.74) is 1.30. The molecule has 178 valence electrons. The Kier molecular flexibility index (Phi) is 7.22. The van der Waals surface area contributed by atoms with Gasteiger partial charge in [-0.1, -0.05) is 30.3 Å². The molecule has 2 N–H and O–H groups in total. The second-order valence-electron chi connectivity index (χ2n) is 7.83. The number of sulfonamides is 1. The van der Waals surface area contributed by atoms with Crippen molar-refractivity contribution in [2.45, 2.75) is 17.7 Å². The van der Waals surface area contributed by atoms with E-state index in [9.17, 15) is 13.2 Å². The molecule has 0 spiro atoms. The van der Waals surface area contributed by atoms with Crippen LogP contribution in [0.15, 0.2) is 77.7 Å². The molecule has 0 radical (unpaired) electrons. The fourth-order valence-electron chi connectivity index (χ4n) is 3.82. The first kappa shape index (κ1) is 23.4. The molecule has 1 saturated heterocycles. The van der Waals surface area contributed by atoms with E-state index in [-0.39, 0.29) is 17.4 Å². The van der Waals surface area contributed by atoms with Crippen LogP contribution in [0.1, 0.15) is 12.8 Å². The number of nitrogens with one attached hydrogen (secondary N) is 2. The van der Waals surface area contributed by atoms with Crippen molar-refractivity contribution >= 4 is 33.0 Å². The first-order chi connectivity index (χ1) is 16.5. The van der Waals surface area contributed by atoms with Gasteiger partial charge in [0.05, 0.1) is 18.5 Å². The Morgan fingerprint density at radius 2 is 1.68 bits per heavy atom. The molecule has 0 aliphatic carbocycles. The minimum Gasteiger partial charge on any atom is -0.495 e. The maximum atomic E-state index is 13.5. The van der Waals surface area contributed by atoms with E-state index in [1.54, 1.807) is 48.5 Å². The van der Waals surface area contributed by atoms with Crippen LogP contribution >= 0.6 is 0 Å². The smallest absolute Gasteiger partial charge is 0.264 e.